The predicted octanol–water partition coefficient (Wildman–Crippen LogP) is 3.60. The fourth-order valence-electron chi connectivity index (χ4n) is 2.50. The summed E-state index contributed by atoms with van der Waals surface area (Å²) in [7, 11) is 0. The molecule has 1 amide bonds. The van der Waals surface area contributed by atoms with Crippen LogP contribution in [0.1, 0.15) is 31.4 Å². The lowest BCUT2D eigenvalue weighted by atomic mass is 10.0. The molecule has 0 aromatic heterocycles. The van der Waals surface area contributed by atoms with Gasteiger partial charge in [-0.05, 0) is 13.3 Å². The SMILES string of the molecule is CCC(C)N1NN=NC(c2ccccc2)=C1c1ccccc1.NC=O. The van der Waals surface area contributed by atoms with Crippen LogP contribution in [0.2, 0.25) is 0 Å². The Kier molecular flexibility index (Phi) is 6.71. The van der Waals surface area contributed by atoms with Crippen LogP contribution in [0.4, 0.5) is 0 Å². The zero-order valence-corrected chi connectivity index (χ0v) is 14.5. The van der Waals surface area contributed by atoms with Gasteiger partial charge < -0.3 is 5.73 Å². The van der Waals surface area contributed by atoms with Gasteiger partial charge >= 0.3 is 0 Å². The number of hydrazine groups is 1. The van der Waals surface area contributed by atoms with Crippen LogP contribution in [-0.4, -0.2) is 17.5 Å². The Balaban J connectivity index is 0.000000701. The fraction of sp³-hybridized carbons (Fsp3) is 0.211. The van der Waals surface area contributed by atoms with Crippen LogP contribution >= 0.6 is 0 Å². The second-order valence-electron chi connectivity index (χ2n) is 5.49. The smallest absolute Gasteiger partial charge is 0.204 e. The summed E-state index contributed by atoms with van der Waals surface area (Å²) in [5.41, 5.74) is 11.4. The summed E-state index contributed by atoms with van der Waals surface area (Å²) in [6.07, 6.45) is 1.26. The summed E-state index contributed by atoms with van der Waals surface area (Å²) >= 11 is 0. The van der Waals surface area contributed by atoms with Crippen molar-refractivity contribution in [1.82, 2.24) is 10.5 Å². The standard InChI is InChI=1S/C18H20N4.CH3NO/c1-3-14(2)22-18(16-12-8-5-9-13-16)17(19-20-21-22)15-10-6-4-7-11-15;2-1-3/h4-14H,3H2,1-2H3,(H,19,21);1H,(H2,2,3). The molecule has 3 rings (SSSR count). The molecule has 1 atom stereocenters. The number of nitrogens with zero attached hydrogens (tertiary/aromatic N) is 3. The Bertz CT molecular complexity index is 728. The minimum absolute atomic E-state index is 0.250. The summed E-state index contributed by atoms with van der Waals surface area (Å²) in [6, 6.07) is 20.8. The molecule has 0 fully saturated rings. The van der Waals surface area contributed by atoms with Crippen LogP contribution < -0.4 is 11.3 Å². The number of nitrogens with two attached hydrogens (primary N) is 1. The Morgan fingerprint density at radius 2 is 1.60 bits per heavy atom. The van der Waals surface area contributed by atoms with Gasteiger partial charge in [0.1, 0.15) is 5.70 Å². The number of benzene rings is 2. The second-order valence-corrected chi connectivity index (χ2v) is 5.49. The Hall–Kier alpha value is -3.15. The molecule has 1 heterocycles. The van der Waals surface area contributed by atoms with E-state index in [4.69, 9.17) is 4.79 Å². The maximum absolute atomic E-state index is 8.58. The van der Waals surface area contributed by atoms with E-state index in [0.29, 0.717) is 6.04 Å². The number of hydrogen-bond donors (Lipinski definition) is 2. The van der Waals surface area contributed by atoms with Gasteiger partial charge in [-0.3, -0.25) is 9.80 Å². The number of carbonyl (C=O) groups is 1. The Morgan fingerprint density at radius 1 is 1.08 bits per heavy atom. The highest BCUT2D eigenvalue weighted by atomic mass is 16.1. The molecule has 2 aromatic carbocycles. The zero-order valence-electron chi connectivity index (χ0n) is 14.5. The van der Waals surface area contributed by atoms with Gasteiger partial charge in [0.15, 0.2) is 0 Å². The second kappa shape index (κ2) is 9.22. The minimum atomic E-state index is 0.250. The van der Waals surface area contributed by atoms with Gasteiger partial charge in [-0.25, -0.2) is 0 Å². The van der Waals surface area contributed by atoms with Crippen LogP contribution in [0.25, 0.3) is 11.4 Å². The first-order valence-electron chi connectivity index (χ1n) is 8.19. The van der Waals surface area contributed by atoms with Crippen LogP contribution in [0.15, 0.2) is 71.0 Å². The van der Waals surface area contributed by atoms with Gasteiger partial charge in [-0.15, -0.1) is 5.11 Å². The van der Waals surface area contributed by atoms with E-state index >= 15 is 0 Å². The molecule has 3 N–H and O–H groups in total. The van der Waals surface area contributed by atoms with Crippen molar-refractivity contribution >= 4 is 17.8 Å². The third-order valence-electron chi connectivity index (χ3n) is 3.89. The van der Waals surface area contributed by atoms with Gasteiger partial charge in [0.05, 0.1) is 5.70 Å². The molecule has 0 saturated carbocycles. The highest BCUT2D eigenvalue weighted by Crippen LogP contribution is 2.33. The molecular weight excluding hydrogens is 314 g/mol. The molecule has 0 bridgehead atoms. The van der Waals surface area contributed by atoms with E-state index in [0.717, 1.165) is 28.9 Å². The minimum Gasteiger partial charge on any atom is -0.372 e. The highest BCUT2D eigenvalue weighted by molar-refractivity contribution is 5.89. The van der Waals surface area contributed by atoms with E-state index in [1.165, 1.54) is 0 Å². The third-order valence-corrected chi connectivity index (χ3v) is 3.89. The van der Waals surface area contributed by atoms with Crippen molar-refractivity contribution in [2.45, 2.75) is 26.3 Å². The summed E-state index contributed by atoms with van der Waals surface area (Å²) in [4.78, 5) is 8.58. The third kappa shape index (κ3) is 4.44. The monoisotopic (exact) mass is 337 g/mol. The molecule has 1 aliphatic rings. The molecule has 1 aliphatic heterocycles. The molecule has 6 heteroatoms. The van der Waals surface area contributed by atoms with Gasteiger partial charge in [-0.2, -0.15) is 5.53 Å². The Morgan fingerprint density at radius 3 is 2.12 bits per heavy atom. The normalized spacial score (nSPS) is 14.2. The quantitative estimate of drug-likeness (QED) is 0.836. The van der Waals surface area contributed by atoms with Crippen molar-refractivity contribution in [2.24, 2.45) is 16.1 Å². The predicted molar refractivity (Wildman–Crippen MR) is 99.5 cm³/mol. The number of primary amides is 1. The lowest BCUT2D eigenvalue weighted by Gasteiger charge is -2.34. The number of carbonyl (C=O) groups excluding carboxylic acids is 1. The first-order chi connectivity index (χ1) is 12.2. The van der Waals surface area contributed by atoms with E-state index in [1.54, 1.807) is 0 Å². The highest BCUT2D eigenvalue weighted by Gasteiger charge is 2.24. The van der Waals surface area contributed by atoms with Gasteiger partial charge in [-0.1, -0.05) is 72.8 Å². The van der Waals surface area contributed by atoms with Crippen molar-refractivity contribution in [3.8, 4) is 0 Å². The van der Waals surface area contributed by atoms with Crippen LogP contribution in [0.5, 0.6) is 0 Å². The molecule has 0 spiro atoms. The molecule has 2 aromatic rings. The average molecular weight is 337 g/mol. The topological polar surface area (TPSA) is 83.1 Å². The maximum Gasteiger partial charge on any atom is 0.204 e. The summed E-state index contributed by atoms with van der Waals surface area (Å²) < 4.78 is 0. The molecule has 130 valence electrons. The van der Waals surface area contributed by atoms with E-state index in [2.05, 4.69) is 64.7 Å². The van der Waals surface area contributed by atoms with Crippen molar-refractivity contribution < 1.29 is 4.79 Å². The molecule has 6 nitrogen and oxygen atoms in total. The van der Waals surface area contributed by atoms with E-state index in [1.807, 2.05) is 36.4 Å². The molecule has 1 unspecified atom stereocenters. The molecule has 0 aliphatic carbocycles. The first-order valence-corrected chi connectivity index (χ1v) is 8.19. The number of nitrogens with one attached hydrogen (secondary N) is 1. The summed E-state index contributed by atoms with van der Waals surface area (Å²) in [6.45, 7) is 4.35. The largest absolute Gasteiger partial charge is 0.372 e. The van der Waals surface area contributed by atoms with Crippen LogP contribution in [-0.2, 0) is 4.79 Å². The van der Waals surface area contributed by atoms with Crippen LogP contribution in [0, 0.1) is 0 Å². The fourth-order valence-corrected chi connectivity index (χ4v) is 2.50. The number of rotatable bonds is 4. The van der Waals surface area contributed by atoms with E-state index < -0.39 is 0 Å². The number of amides is 1. The lowest BCUT2D eigenvalue weighted by Crippen LogP contribution is -2.41. The average Bonchev–Trinajstić information content (AvgIpc) is 2.69. The van der Waals surface area contributed by atoms with Crippen LogP contribution in [0.3, 0.4) is 0 Å². The molecule has 0 radical (unpaired) electrons. The van der Waals surface area contributed by atoms with Gasteiger partial charge in [0.2, 0.25) is 6.41 Å². The van der Waals surface area contributed by atoms with Crippen molar-refractivity contribution in [3.05, 3.63) is 71.8 Å². The van der Waals surface area contributed by atoms with Gasteiger partial charge in [0, 0.05) is 17.2 Å². The maximum atomic E-state index is 8.58. The molecule has 25 heavy (non-hydrogen) atoms. The number of hydrogen-bond acceptors (Lipinski definition) is 5. The van der Waals surface area contributed by atoms with Gasteiger partial charge in [0.25, 0.3) is 0 Å². The Labute approximate surface area is 148 Å². The molecule has 0 saturated heterocycles. The lowest BCUT2D eigenvalue weighted by molar-refractivity contribution is -0.106. The molecular formula is C19H23N5O. The first kappa shape index (κ1) is 18.2. The van der Waals surface area contributed by atoms with Crippen molar-refractivity contribution in [1.29, 1.82) is 0 Å². The van der Waals surface area contributed by atoms with Crippen molar-refractivity contribution in [3.63, 3.8) is 0 Å². The van der Waals surface area contributed by atoms with Crippen molar-refractivity contribution in [2.75, 3.05) is 0 Å². The van der Waals surface area contributed by atoms with E-state index in [9.17, 15) is 0 Å². The summed E-state index contributed by atoms with van der Waals surface area (Å²) in [5.74, 6) is 0. The van der Waals surface area contributed by atoms with E-state index in [-0.39, 0.29) is 6.41 Å². The summed E-state index contributed by atoms with van der Waals surface area (Å²) in [5, 5.41) is 10.6. The zero-order chi connectivity index (χ0) is 18.1.